The minimum absolute atomic E-state index is 0.147. The zero-order chi connectivity index (χ0) is 28.8. The molecule has 0 atom stereocenters. The van der Waals surface area contributed by atoms with Crippen molar-refractivity contribution in [2.24, 2.45) is 10.8 Å². The fraction of sp³-hybridized carbons (Fsp3) is 0.471. The third-order valence-electron chi connectivity index (χ3n) is 8.36. The van der Waals surface area contributed by atoms with Gasteiger partial charge < -0.3 is 14.4 Å². The third-order valence-corrected chi connectivity index (χ3v) is 9.16. The van der Waals surface area contributed by atoms with Crippen LogP contribution in [0, 0.1) is 14.4 Å². The molecule has 40 heavy (non-hydrogen) atoms. The molecule has 0 N–H and O–H groups in total. The number of methoxy groups -OCH3 is 1. The van der Waals surface area contributed by atoms with E-state index in [1.165, 1.54) is 5.56 Å². The molecule has 0 fully saturated rings. The minimum atomic E-state index is -0.399. The molecule has 0 bridgehead atoms. The third kappa shape index (κ3) is 5.48. The minimum Gasteiger partial charge on any atom is -0.492 e. The van der Waals surface area contributed by atoms with E-state index in [0.717, 1.165) is 57.5 Å². The Balaban J connectivity index is 1.73. The topological polar surface area (TPSA) is 55.8 Å². The van der Waals surface area contributed by atoms with E-state index in [0.29, 0.717) is 30.9 Å². The molecule has 0 spiro atoms. The highest BCUT2D eigenvalue weighted by atomic mass is 127. The van der Waals surface area contributed by atoms with Crippen molar-refractivity contribution in [1.82, 2.24) is 4.90 Å². The van der Waals surface area contributed by atoms with Gasteiger partial charge in [-0.2, -0.15) is 0 Å². The first-order chi connectivity index (χ1) is 18.9. The van der Waals surface area contributed by atoms with Gasteiger partial charge in [0.15, 0.2) is 23.1 Å². The number of halogens is 1. The van der Waals surface area contributed by atoms with Crippen molar-refractivity contribution in [2.75, 3.05) is 20.3 Å². The Morgan fingerprint density at radius 2 is 1.48 bits per heavy atom. The van der Waals surface area contributed by atoms with Gasteiger partial charge >= 0.3 is 0 Å². The molecule has 2 aromatic carbocycles. The second-order valence-corrected chi connectivity index (χ2v) is 14.1. The van der Waals surface area contributed by atoms with Crippen molar-refractivity contribution in [2.45, 2.75) is 72.6 Å². The molecule has 0 unspecified atom stereocenters. The first kappa shape index (κ1) is 28.9. The molecule has 1 aliphatic heterocycles. The van der Waals surface area contributed by atoms with E-state index in [2.05, 4.69) is 85.5 Å². The van der Waals surface area contributed by atoms with Gasteiger partial charge in [-0.1, -0.05) is 58.0 Å². The molecule has 0 aromatic heterocycles. The van der Waals surface area contributed by atoms with Crippen LogP contribution in [-0.4, -0.2) is 36.7 Å². The molecule has 2 aliphatic carbocycles. The maximum atomic E-state index is 14.1. The Hall–Kier alpha value is -2.61. The summed E-state index contributed by atoms with van der Waals surface area (Å²) in [4.78, 5) is 30.6. The summed E-state index contributed by atoms with van der Waals surface area (Å²) in [7, 11) is 1.64. The zero-order valence-electron chi connectivity index (χ0n) is 24.5. The van der Waals surface area contributed by atoms with Crippen LogP contribution in [0.25, 0.3) is 0 Å². The predicted octanol–water partition coefficient (Wildman–Crippen LogP) is 7.63. The number of carbonyl (C=O) groups is 2. The Morgan fingerprint density at radius 1 is 0.900 bits per heavy atom. The molecular weight excluding hydrogens is 613 g/mol. The second-order valence-electron chi connectivity index (χ2n) is 12.9. The summed E-state index contributed by atoms with van der Waals surface area (Å²) in [5.41, 5.74) is 5.65. The molecule has 1 heterocycles. The van der Waals surface area contributed by atoms with E-state index in [-0.39, 0.29) is 22.4 Å². The summed E-state index contributed by atoms with van der Waals surface area (Å²) in [6, 6.07) is 14.5. The number of ketones is 2. The van der Waals surface area contributed by atoms with Crippen molar-refractivity contribution in [3.8, 4) is 11.5 Å². The van der Waals surface area contributed by atoms with Crippen LogP contribution in [0.1, 0.15) is 77.3 Å². The number of rotatable bonds is 7. The van der Waals surface area contributed by atoms with Crippen LogP contribution in [0.3, 0.4) is 0 Å². The summed E-state index contributed by atoms with van der Waals surface area (Å²) in [5, 5.41) is 0. The van der Waals surface area contributed by atoms with Crippen LogP contribution in [0.15, 0.2) is 65.0 Å². The van der Waals surface area contributed by atoms with Gasteiger partial charge in [0.1, 0.15) is 0 Å². The van der Waals surface area contributed by atoms with E-state index in [1.807, 2.05) is 19.1 Å². The zero-order valence-corrected chi connectivity index (χ0v) is 26.7. The normalized spacial score (nSPS) is 20.4. The predicted molar refractivity (Wildman–Crippen MR) is 167 cm³/mol. The van der Waals surface area contributed by atoms with E-state index in [1.54, 1.807) is 7.11 Å². The summed E-state index contributed by atoms with van der Waals surface area (Å²) in [6.07, 6.45) is 3.40. The quantitative estimate of drug-likeness (QED) is 0.288. The number of hydrogen-bond acceptors (Lipinski definition) is 5. The van der Waals surface area contributed by atoms with Gasteiger partial charge in [0.25, 0.3) is 0 Å². The van der Waals surface area contributed by atoms with Gasteiger partial charge in [-0.25, -0.2) is 0 Å². The molecule has 5 nitrogen and oxygen atoms in total. The van der Waals surface area contributed by atoms with Crippen LogP contribution in [-0.2, 0) is 16.0 Å². The van der Waals surface area contributed by atoms with Crippen molar-refractivity contribution in [1.29, 1.82) is 0 Å². The van der Waals surface area contributed by atoms with Crippen molar-refractivity contribution in [3.05, 3.63) is 79.7 Å². The van der Waals surface area contributed by atoms with Crippen molar-refractivity contribution < 1.29 is 19.1 Å². The summed E-state index contributed by atoms with van der Waals surface area (Å²) in [6.45, 7) is 11.9. The Labute approximate surface area is 252 Å². The highest BCUT2D eigenvalue weighted by Gasteiger charge is 2.49. The molecule has 3 aliphatic rings. The average molecular weight is 654 g/mol. The van der Waals surface area contributed by atoms with Gasteiger partial charge in [0.05, 0.1) is 17.3 Å². The molecule has 0 saturated heterocycles. The monoisotopic (exact) mass is 653 g/mol. The molecule has 212 valence electrons. The lowest BCUT2D eigenvalue weighted by molar-refractivity contribution is -0.119. The molecule has 0 saturated carbocycles. The summed E-state index contributed by atoms with van der Waals surface area (Å²) < 4.78 is 12.6. The number of nitrogens with zero attached hydrogens (tertiary/aromatic N) is 1. The Morgan fingerprint density at radius 3 is 2.00 bits per heavy atom. The lowest BCUT2D eigenvalue weighted by atomic mass is 9.63. The fourth-order valence-corrected chi connectivity index (χ4v) is 7.60. The highest BCUT2D eigenvalue weighted by Crippen LogP contribution is 2.55. The number of hydrogen-bond donors (Lipinski definition) is 0. The van der Waals surface area contributed by atoms with Crippen LogP contribution in [0.2, 0.25) is 0 Å². The van der Waals surface area contributed by atoms with E-state index in [9.17, 15) is 9.59 Å². The largest absolute Gasteiger partial charge is 0.492 e. The maximum Gasteiger partial charge on any atom is 0.174 e. The summed E-state index contributed by atoms with van der Waals surface area (Å²) in [5.74, 6) is 1.23. The smallest absolute Gasteiger partial charge is 0.174 e. The standard InChI is InChI=1S/C34H40INO4/c1-7-40-28-16-22(15-23(35)32(28)39-6)29-30-24(17-33(2,3)19-26(30)37)36(14-13-21-11-9-8-10-12-21)25-18-34(4,5)20-27(38)31(25)29/h8-12,15-16,29H,7,13-14,17-20H2,1-6H3. The summed E-state index contributed by atoms with van der Waals surface area (Å²) >= 11 is 2.27. The number of benzene rings is 2. The number of Topliss-reactive ketones (excluding diaryl/α,β-unsaturated/α-hetero) is 2. The van der Waals surface area contributed by atoms with Crippen molar-refractivity contribution >= 4 is 34.2 Å². The SMILES string of the molecule is CCOc1cc(C2C3=C(CC(C)(C)CC3=O)N(CCc3ccccc3)C3=C2C(=O)CC(C)(C)C3)cc(I)c1OC. The molecular formula is C34H40INO4. The Kier molecular flexibility index (Phi) is 7.94. The lowest BCUT2D eigenvalue weighted by Crippen LogP contribution is -2.45. The van der Waals surface area contributed by atoms with Crippen LogP contribution < -0.4 is 9.47 Å². The number of allylic oxidation sites excluding steroid dienone is 4. The number of ether oxygens (including phenoxy) is 2. The molecule has 0 radical (unpaired) electrons. The number of carbonyl (C=O) groups excluding carboxylic acids is 2. The van der Waals surface area contributed by atoms with Gasteiger partial charge in [-0.15, -0.1) is 0 Å². The lowest BCUT2D eigenvalue weighted by Gasteiger charge is -2.49. The van der Waals surface area contributed by atoms with E-state index in [4.69, 9.17) is 9.47 Å². The Bertz CT molecular complexity index is 1350. The fourth-order valence-electron chi connectivity index (χ4n) is 6.75. The van der Waals surface area contributed by atoms with Crippen LogP contribution in [0.4, 0.5) is 0 Å². The molecule has 0 amide bonds. The van der Waals surface area contributed by atoms with Crippen LogP contribution in [0.5, 0.6) is 11.5 Å². The van der Waals surface area contributed by atoms with Crippen LogP contribution >= 0.6 is 22.6 Å². The molecule has 5 rings (SSSR count). The van der Waals surface area contributed by atoms with Gasteiger partial charge in [-0.05, 0) is 82.9 Å². The first-order valence-electron chi connectivity index (χ1n) is 14.3. The first-order valence-corrected chi connectivity index (χ1v) is 15.4. The molecule has 6 heteroatoms. The highest BCUT2D eigenvalue weighted by molar-refractivity contribution is 14.1. The second kappa shape index (κ2) is 11.0. The van der Waals surface area contributed by atoms with E-state index >= 15 is 0 Å². The average Bonchev–Trinajstić information content (AvgIpc) is 2.86. The van der Waals surface area contributed by atoms with Gasteiger partial charge in [-0.3, -0.25) is 9.59 Å². The van der Waals surface area contributed by atoms with Gasteiger partial charge in [0, 0.05) is 47.8 Å². The maximum absolute atomic E-state index is 14.1. The van der Waals surface area contributed by atoms with Crippen molar-refractivity contribution in [3.63, 3.8) is 0 Å². The van der Waals surface area contributed by atoms with E-state index < -0.39 is 5.92 Å². The molecule has 2 aromatic rings. The van der Waals surface area contributed by atoms with Gasteiger partial charge in [0.2, 0.25) is 0 Å².